The highest BCUT2D eigenvalue weighted by molar-refractivity contribution is 5.86. The normalized spacial score (nSPS) is 10.6. The van der Waals surface area contributed by atoms with E-state index >= 15 is 0 Å². The molecule has 1 aromatic heterocycles. The predicted molar refractivity (Wildman–Crippen MR) is 94.1 cm³/mol. The second-order valence-electron chi connectivity index (χ2n) is 5.22. The van der Waals surface area contributed by atoms with Crippen LogP contribution in [0.25, 0.3) is 22.3 Å². The first kappa shape index (κ1) is 16.7. The lowest BCUT2D eigenvalue weighted by atomic mass is 10.1. The Hall–Kier alpha value is -3.15. The third kappa shape index (κ3) is 2.87. The van der Waals surface area contributed by atoms with E-state index in [2.05, 4.69) is 0 Å². The van der Waals surface area contributed by atoms with Crippen LogP contribution in [0.3, 0.4) is 0 Å². The summed E-state index contributed by atoms with van der Waals surface area (Å²) in [6, 6.07) is 10.1. The van der Waals surface area contributed by atoms with Crippen molar-refractivity contribution >= 4 is 11.0 Å². The molecule has 0 aliphatic carbocycles. The minimum Gasteiger partial charge on any atom is -0.493 e. The van der Waals surface area contributed by atoms with E-state index in [4.69, 9.17) is 23.4 Å². The Kier molecular flexibility index (Phi) is 4.52. The summed E-state index contributed by atoms with van der Waals surface area (Å²) in [5, 5.41) is 0.418. The molecule has 2 aromatic carbocycles. The van der Waals surface area contributed by atoms with E-state index < -0.39 is 0 Å². The zero-order chi connectivity index (χ0) is 18.0. The third-order valence-electron chi connectivity index (χ3n) is 3.91. The van der Waals surface area contributed by atoms with Gasteiger partial charge in [0.05, 0.1) is 33.8 Å². The van der Waals surface area contributed by atoms with Crippen molar-refractivity contribution < 1.29 is 23.4 Å². The summed E-state index contributed by atoms with van der Waals surface area (Å²) in [5.74, 6) is 2.39. The molecule has 0 aliphatic heterocycles. The number of methoxy groups -OCH3 is 4. The van der Waals surface area contributed by atoms with E-state index in [9.17, 15) is 4.79 Å². The topological polar surface area (TPSA) is 67.1 Å². The van der Waals surface area contributed by atoms with E-state index in [0.717, 1.165) is 0 Å². The summed E-state index contributed by atoms with van der Waals surface area (Å²) in [5.41, 5.74) is 0.840. The molecule has 6 heteroatoms. The molecule has 0 fully saturated rings. The summed E-state index contributed by atoms with van der Waals surface area (Å²) < 4.78 is 27.2. The van der Waals surface area contributed by atoms with Crippen LogP contribution < -0.4 is 24.4 Å². The minimum atomic E-state index is -0.174. The molecule has 0 atom stereocenters. The highest BCUT2D eigenvalue weighted by Crippen LogP contribution is 2.37. The molecule has 6 nitrogen and oxygen atoms in total. The standard InChI is InChI=1S/C19H18O6/c1-21-14-7-5-11(9-17(14)23-3)16-10-13(20)12-6-8-15(22-2)19(24-4)18(12)25-16/h5-10H,1-4H3. The Labute approximate surface area is 144 Å². The number of ether oxygens (including phenoxy) is 4. The largest absolute Gasteiger partial charge is 0.493 e. The Morgan fingerprint density at radius 2 is 1.44 bits per heavy atom. The van der Waals surface area contributed by atoms with E-state index in [-0.39, 0.29) is 5.43 Å². The Morgan fingerprint density at radius 1 is 0.760 bits per heavy atom. The second-order valence-corrected chi connectivity index (χ2v) is 5.22. The van der Waals surface area contributed by atoms with Gasteiger partial charge in [-0.05, 0) is 30.3 Å². The first-order valence-corrected chi connectivity index (χ1v) is 7.54. The van der Waals surface area contributed by atoms with Crippen LogP contribution in [0.5, 0.6) is 23.0 Å². The average molecular weight is 342 g/mol. The molecule has 3 aromatic rings. The lowest BCUT2D eigenvalue weighted by molar-refractivity contribution is 0.353. The Morgan fingerprint density at radius 3 is 2.08 bits per heavy atom. The van der Waals surface area contributed by atoms with Gasteiger partial charge in [0.15, 0.2) is 28.3 Å². The van der Waals surface area contributed by atoms with Crippen LogP contribution in [0.4, 0.5) is 0 Å². The van der Waals surface area contributed by atoms with Crippen LogP contribution in [-0.2, 0) is 0 Å². The number of fused-ring (bicyclic) bond motifs is 1. The first-order valence-electron chi connectivity index (χ1n) is 7.54. The van der Waals surface area contributed by atoms with Gasteiger partial charge in [-0.25, -0.2) is 0 Å². The Balaban J connectivity index is 2.26. The maximum atomic E-state index is 12.5. The molecule has 1 heterocycles. The van der Waals surface area contributed by atoms with E-state index in [0.29, 0.717) is 45.3 Å². The highest BCUT2D eigenvalue weighted by atomic mass is 16.5. The number of hydrogen-bond acceptors (Lipinski definition) is 6. The molecule has 0 unspecified atom stereocenters. The fourth-order valence-corrected chi connectivity index (χ4v) is 2.66. The molecular weight excluding hydrogens is 324 g/mol. The number of rotatable bonds is 5. The molecule has 0 saturated heterocycles. The van der Waals surface area contributed by atoms with Gasteiger partial charge in [-0.15, -0.1) is 0 Å². The van der Waals surface area contributed by atoms with Crippen molar-refractivity contribution in [3.05, 3.63) is 46.6 Å². The molecule has 3 rings (SSSR count). The van der Waals surface area contributed by atoms with Crippen LogP contribution in [0, 0.1) is 0 Å². The monoisotopic (exact) mass is 342 g/mol. The summed E-state index contributed by atoms with van der Waals surface area (Å²) in [4.78, 5) is 12.5. The van der Waals surface area contributed by atoms with Crippen molar-refractivity contribution in [1.82, 2.24) is 0 Å². The van der Waals surface area contributed by atoms with Crippen molar-refractivity contribution in [3.8, 4) is 34.3 Å². The van der Waals surface area contributed by atoms with E-state index in [1.165, 1.54) is 20.3 Å². The van der Waals surface area contributed by atoms with Gasteiger partial charge in [0.2, 0.25) is 5.75 Å². The lowest BCUT2D eigenvalue weighted by Gasteiger charge is -2.12. The molecule has 0 N–H and O–H groups in total. The van der Waals surface area contributed by atoms with Gasteiger partial charge in [-0.1, -0.05) is 0 Å². The van der Waals surface area contributed by atoms with Crippen LogP contribution in [0.2, 0.25) is 0 Å². The fraction of sp³-hybridized carbons (Fsp3) is 0.211. The summed E-state index contributed by atoms with van der Waals surface area (Å²) in [7, 11) is 6.14. The van der Waals surface area contributed by atoms with Gasteiger partial charge in [-0.2, -0.15) is 0 Å². The van der Waals surface area contributed by atoms with Gasteiger partial charge < -0.3 is 23.4 Å². The van der Waals surface area contributed by atoms with Crippen molar-refractivity contribution in [2.24, 2.45) is 0 Å². The number of hydrogen-bond donors (Lipinski definition) is 0. The third-order valence-corrected chi connectivity index (χ3v) is 3.91. The molecule has 0 radical (unpaired) electrons. The molecule has 0 bridgehead atoms. The van der Waals surface area contributed by atoms with Crippen molar-refractivity contribution in [1.29, 1.82) is 0 Å². The van der Waals surface area contributed by atoms with Crippen molar-refractivity contribution in [2.75, 3.05) is 28.4 Å². The van der Waals surface area contributed by atoms with Crippen LogP contribution in [-0.4, -0.2) is 28.4 Å². The fourth-order valence-electron chi connectivity index (χ4n) is 2.66. The van der Waals surface area contributed by atoms with Gasteiger partial charge in [0.25, 0.3) is 0 Å². The molecule has 0 spiro atoms. The second kappa shape index (κ2) is 6.76. The van der Waals surface area contributed by atoms with Crippen molar-refractivity contribution in [3.63, 3.8) is 0 Å². The van der Waals surface area contributed by atoms with Crippen LogP contribution >= 0.6 is 0 Å². The minimum absolute atomic E-state index is 0.174. The zero-order valence-electron chi connectivity index (χ0n) is 14.4. The smallest absolute Gasteiger partial charge is 0.204 e. The predicted octanol–water partition coefficient (Wildman–Crippen LogP) is 3.49. The van der Waals surface area contributed by atoms with Gasteiger partial charge in [-0.3, -0.25) is 4.79 Å². The zero-order valence-corrected chi connectivity index (χ0v) is 14.4. The van der Waals surface area contributed by atoms with Crippen LogP contribution in [0.15, 0.2) is 45.6 Å². The summed E-state index contributed by atoms with van der Waals surface area (Å²) >= 11 is 0. The maximum Gasteiger partial charge on any atom is 0.204 e. The highest BCUT2D eigenvalue weighted by Gasteiger charge is 2.16. The Bertz CT molecular complexity index is 974. The molecular formula is C19H18O6. The number of benzene rings is 2. The van der Waals surface area contributed by atoms with Crippen molar-refractivity contribution in [2.45, 2.75) is 0 Å². The first-order chi connectivity index (χ1) is 12.1. The lowest BCUT2D eigenvalue weighted by Crippen LogP contribution is -2.02. The quantitative estimate of drug-likeness (QED) is 0.707. The van der Waals surface area contributed by atoms with E-state index in [1.807, 2.05) is 0 Å². The molecule has 0 saturated carbocycles. The maximum absolute atomic E-state index is 12.5. The SMILES string of the molecule is COc1ccc(-c2cc(=O)c3ccc(OC)c(OC)c3o2)cc1OC. The molecule has 25 heavy (non-hydrogen) atoms. The van der Waals surface area contributed by atoms with Crippen LogP contribution in [0.1, 0.15) is 0 Å². The van der Waals surface area contributed by atoms with E-state index in [1.54, 1.807) is 44.6 Å². The van der Waals surface area contributed by atoms with Gasteiger partial charge in [0, 0.05) is 11.6 Å². The molecule has 0 amide bonds. The van der Waals surface area contributed by atoms with Gasteiger partial charge >= 0.3 is 0 Å². The summed E-state index contributed by atoms with van der Waals surface area (Å²) in [6.45, 7) is 0. The average Bonchev–Trinajstić information content (AvgIpc) is 2.66. The molecule has 130 valence electrons. The summed E-state index contributed by atoms with van der Waals surface area (Å²) in [6.07, 6.45) is 0. The molecule has 0 aliphatic rings. The van der Waals surface area contributed by atoms with Gasteiger partial charge in [0.1, 0.15) is 5.76 Å².